The summed E-state index contributed by atoms with van der Waals surface area (Å²) in [6.45, 7) is 1.43. The molecule has 0 bridgehead atoms. The van der Waals surface area contributed by atoms with Gasteiger partial charge in [0.15, 0.2) is 22.4 Å². The van der Waals surface area contributed by atoms with Gasteiger partial charge in [-0.3, -0.25) is 9.59 Å². The number of thioether (sulfide) groups is 1. The monoisotopic (exact) mass is 342 g/mol. The molecule has 0 aliphatic rings. The van der Waals surface area contributed by atoms with Crippen molar-refractivity contribution in [3.8, 4) is 0 Å². The molecule has 122 valence electrons. The highest BCUT2D eigenvalue weighted by Gasteiger charge is 2.11. The number of carbonyl (C=O) groups excluding carboxylic acids is 2. The number of hydrogen-bond donors (Lipinski definition) is 3. The molecule has 9 heteroatoms. The Morgan fingerprint density at radius 2 is 2.00 bits per heavy atom. The lowest BCUT2D eigenvalue weighted by molar-refractivity contribution is -0.114. The molecule has 1 aromatic carbocycles. The van der Waals surface area contributed by atoms with Crippen molar-refractivity contribution < 1.29 is 9.59 Å². The van der Waals surface area contributed by atoms with E-state index in [1.54, 1.807) is 24.3 Å². The van der Waals surface area contributed by atoms with Gasteiger partial charge in [-0.25, -0.2) is 15.0 Å². The van der Waals surface area contributed by atoms with Gasteiger partial charge in [-0.2, -0.15) is 0 Å². The van der Waals surface area contributed by atoms with Crippen LogP contribution in [0.3, 0.4) is 0 Å². The summed E-state index contributed by atoms with van der Waals surface area (Å²) in [7, 11) is 0. The second kappa shape index (κ2) is 6.67. The average molecular weight is 342 g/mol. The molecule has 1 amide bonds. The fourth-order valence-electron chi connectivity index (χ4n) is 2.05. The van der Waals surface area contributed by atoms with Gasteiger partial charge in [-0.05, 0) is 24.3 Å². The largest absolute Gasteiger partial charge is 0.382 e. The van der Waals surface area contributed by atoms with Gasteiger partial charge in [0, 0.05) is 18.2 Å². The number of imidazole rings is 1. The number of amides is 1. The lowest BCUT2D eigenvalue weighted by Crippen LogP contribution is -2.07. The number of aromatic nitrogens is 4. The first kappa shape index (κ1) is 15.9. The first-order chi connectivity index (χ1) is 11.5. The van der Waals surface area contributed by atoms with E-state index in [9.17, 15) is 9.59 Å². The predicted molar refractivity (Wildman–Crippen MR) is 91.9 cm³/mol. The Kier molecular flexibility index (Phi) is 4.43. The fourth-order valence-corrected chi connectivity index (χ4v) is 2.81. The second-order valence-electron chi connectivity index (χ2n) is 4.97. The van der Waals surface area contributed by atoms with Crippen molar-refractivity contribution in [2.75, 3.05) is 16.8 Å². The van der Waals surface area contributed by atoms with Gasteiger partial charge in [0.05, 0.1) is 5.75 Å². The van der Waals surface area contributed by atoms with Crippen LogP contribution in [-0.2, 0) is 4.79 Å². The van der Waals surface area contributed by atoms with Crippen LogP contribution in [0.25, 0.3) is 11.2 Å². The Bertz CT molecular complexity index is 906. The molecule has 0 aliphatic heterocycles. The third-order valence-corrected chi connectivity index (χ3v) is 4.04. The Morgan fingerprint density at radius 3 is 2.67 bits per heavy atom. The number of fused-ring (bicyclic) bond motifs is 1. The molecular weight excluding hydrogens is 328 g/mol. The number of nitrogens with one attached hydrogen (secondary N) is 2. The summed E-state index contributed by atoms with van der Waals surface area (Å²) in [5, 5.41) is 3.21. The van der Waals surface area contributed by atoms with E-state index in [1.807, 2.05) is 0 Å². The number of nitrogens with zero attached hydrogens (tertiary/aromatic N) is 3. The lowest BCUT2D eigenvalue weighted by Gasteiger charge is -2.03. The third-order valence-electron chi connectivity index (χ3n) is 3.16. The minimum absolute atomic E-state index is 0.0473. The van der Waals surface area contributed by atoms with E-state index in [-0.39, 0.29) is 17.4 Å². The van der Waals surface area contributed by atoms with Crippen LogP contribution in [0.1, 0.15) is 17.3 Å². The van der Waals surface area contributed by atoms with Gasteiger partial charge in [0.25, 0.3) is 0 Å². The molecule has 2 aromatic heterocycles. The molecule has 3 rings (SSSR count). The summed E-state index contributed by atoms with van der Waals surface area (Å²) in [5.41, 5.74) is 7.98. The van der Waals surface area contributed by atoms with E-state index in [2.05, 4.69) is 25.3 Å². The van der Waals surface area contributed by atoms with Gasteiger partial charge in [-0.1, -0.05) is 11.8 Å². The Balaban J connectivity index is 1.66. The average Bonchev–Trinajstić information content (AvgIpc) is 2.97. The van der Waals surface area contributed by atoms with E-state index < -0.39 is 0 Å². The van der Waals surface area contributed by atoms with E-state index in [0.717, 1.165) is 0 Å². The molecule has 0 radical (unpaired) electrons. The molecule has 0 fully saturated rings. The molecular formula is C15H14N6O2S. The number of benzene rings is 1. The molecule has 24 heavy (non-hydrogen) atoms. The number of H-pyrrole nitrogens is 1. The third kappa shape index (κ3) is 3.51. The zero-order chi connectivity index (χ0) is 17.1. The summed E-state index contributed by atoms with van der Waals surface area (Å²) in [6, 6.07) is 6.74. The van der Waals surface area contributed by atoms with Gasteiger partial charge < -0.3 is 16.0 Å². The van der Waals surface area contributed by atoms with Gasteiger partial charge in [-0.15, -0.1) is 0 Å². The topological polar surface area (TPSA) is 127 Å². The Hall–Kier alpha value is -2.94. The molecule has 0 saturated heterocycles. The number of nitrogen functional groups attached to an aromatic ring is 1. The van der Waals surface area contributed by atoms with Crippen LogP contribution in [0, 0.1) is 0 Å². The number of ketones is 1. The summed E-state index contributed by atoms with van der Waals surface area (Å²) in [6.07, 6.45) is 1.34. The maximum absolute atomic E-state index is 12.2. The van der Waals surface area contributed by atoms with Crippen LogP contribution in [0.4, 0.5) is 11.5 Å². The minimum atomic E-state index is -0.156. The molecule has 3 aromatic rings. The highest BCUT2D eigenvalue weighted by atomic mass is 32.2. The Morgan fingerprint density at radius 1 is 1.25 bits per heavy atom. The molecule has 0 aliphatic carbocycles. The molecule has 4 N–H and O–H groups in total. The highest BCUT2D eigenvalue weighted by molar-refractivity contribution is 7.99. The number of anilines is 2. The van der Waals surface area contributed by atoms with Crippen molar-refractivity contribution >= 4 is 46.1 Å². The quantitative estimate of drug-likeness (QED) is 0.477. The Labute approximate surface area is 141 Å². The van der Waals surface area contributed by atoms with E-state index >= 15 is 0 Å². The van der Waals surface area contributed by atoms with Crippen molar-refractivity contribution in [2.24, 2.45) is 0 Å². The smallest absolute Gasteiger partial charge is 0.221 e. The molecule has 0 unspecified atom stereocenters. The van der Waals surface area contributed by atoms with Gasteiger partial charge >= 0.3 is 0 Å². The number of nitrogens with two attached hydrogens (primary N) is 1. The van der Waals surface area contributed by atoms with Crippen molar-refractivity contribution in [1.82, 2.24) is 19.9 Å². The van der Waals surface area contributed by atoms with Crippen LogP contribution >= 0.6 is 11.8 Å². The molecule has 0 atom stereocenters. The molecule has 2 heterocycles. The normalized spacial score (nSPS) is 10.7. The van der Waals surface area contributed by atoms with Crippen molar-refractivity contribution in [2.45, 2.75) is 12.1 Å². The fraction of sp³-hybridized carbons (Fsp3) is 0.133. The SMILES string of the molecule is CC(=O)Nc1ccc(C(=O)CSc2nc3ncnc(N)c3[nH]2)cc1. The summed E-state index contributed by atoms with van der Waals surface area (Å²) < 4.78 is 0. The van der Waals surface area contributed by atoms with Crippen molar-refractivity contribution in [3.63, 3.8) is 0 Å². The van der Waals surface area contributed by atoms with Crippen LogP contribution in [0.5, 0.6) is 0 Å². The molecule has 0 spiro atoms. The second-order valence-corrected chi connectivity index (χ2v) is 5.93. The lowest BCUT2D eigenvalue weighted by atomic mass is 10.1. The van der Waals surface area contributed by atoms with E-state index in [4.69, 9.17) is 5.73 Å². The number of rotatable bonds is 5. The zero-order valence-electron chi connectivity index (χ0n) is 12.7. The van der Waals surface area contributed by atoms with Crippen molar-refractivity contribution in [3.05, 3.63) is 36.2 Å². The van der Waals surface area contributed by atoms with Crippen LogP contribution in [0.2, 0.25) is 0 Å². The summed E-state index contributed by atoms with van der Waals surface area (Å²) in [5.74, 6) is 0.331. The predicted octanol–water partition coefficient (Wildman–Crippen LogP) is 1.87. The number of Topliss-reactive ketones (excluding diaryl/α,β-unsaturated/α-hetero) is 1. The maximum atomic E-state index is 12.2. The van der Waals surface area contributed by atoms with Crippen LogP contribution in [-0.4, -0.2) is 37.4 Å². The summed E-state index contributed by atoms with van der Waals surface area (Å²) in [4.78, 5) is 38.4. The zero-order valence-corrected chi connectivity index (χ0v) is 13.6. The molecule has 0 saturated carbocycles. The van der Waals surface area contributed by atoms with E-state index in [1.165, 1.54) is 25.0 Å². The molecule has 8 nitrogen and oxygen atoms in total. The minimum Gasteiger partial charge on any atom is -0.382 e. The van der Waals surface area contributed by atoms with Gasteiger partial charge in [0.2, 0.25) is 5.91 Å². The first-order valence-corrected chi connectivity index (χ1v) is 8.01. The standard InChI is InChI=1S/C15H14N6O2S/c1-8(22)19-10-4-2-9(3-5-10)11(23)6-24-15-20-12-13(16)17-7-18-14(12)21-15/h2-5,7H,6H2,1H3,(H,19,22)(H3,16,17,18,20,21). The summed E-state index contributed by atoms with van der Waals surface area (Å²) >= 11 is 1.26. The number of carbonyl (C=O) groups is 2. The number of hydrogen-bond acceptors (Lipinski definition) is 7. The van der Waals surface area contributed by atoms with Crippen LogP contribution < -0.4 is 11.1 Å². The van der Waals surface area contributed by atoms with Crippen molar-refractivity contribution in [1.29, 1.82) is 0 Å². The first-order valence-electron chi connectivity index (χ1n) is 7.03. The van der Waals surface area contributed by atoms with Gasteiger partial charge in [0.1, 0.15) is 11.8 Å². The van der Waals surface area contributed by atoms with E-state index in [0.29, 0.717) is 33.4 Å². The number of aromatic amines is 1. The van der Waals surface area contributed by atoms with Crippen LogP contribution in [0.15, 0.2) is 35.7 Å². The highest BCUT2D eigenvalue weighted by Crippen LogP contribution is 2.21. The maximum Gasteiger partial charge on any atom is 0.221 e.